The Bertz CT molecular complexity index is 530. The molecule has 1 fully saturated rings. The van der Waals surface area contributed by atoms with E-state index in [9.17, 15) is 9.90 Å². The van der Waals surface area contributed by atoms with Crippen LogP contribution in [0, 0.1) is 12.3 Å². The molecule has 1 amide bonds. The molecule has 21 heavy (non-hydrogen) atoms. The van der Waals surface area contributed by atoms with Crippen LogP contribution in [-0.4, -0.2) is 40.9 Å². The van der Waals surface area contributed by atoms with Gasteiger partial charge in [-0.15, -0.1) is 0 Å². The van der Waals surface area contributed by atoms with Crippen LogP contribution in [0.25, 0.3) is 0 Å². The monoisotopic (exact) mass is 292 g/mol. The fourth-order valence-electron chi connectivity index (χ4n) is 2.98. The number of aromatic nitrogens is 1. The second kappa shape index (κ2) is 5.73. The average Bonchev–Trinajstić information content (AvgIpc) is 2.45. The van der Waals surface area contributed by atoms with Gasteiger partial charge in [0, 0.05) is 35.9 Å². The van der Waals surface area contributed by atoms with E-state index in [2.05, 4.69) is 10.3 Å². The Hall–Kier alpha value is -1.46. The summed E-state index contributed by atoms with van der Waals surface area (Å²) in [4.78, 5) is 16.5. The van der Waals surface area contributed by atoms with Crippen molar-refractivity contribution in [2.75, 3.05) is 13.2 Å². The maximum absolute atomic E-state index is 12.4. The summed E-state index contributed by atoms with van der Waals surface area (Å²) >= 11 is 0. The van der Waals surface area contributed by atoms with Gasteiger partial charge in [-0.2, -0.15) is 0 Å². The number of ether oxygens (including phenoxy) is 1. The number of hydrogen-bond acceptors (Lipinski definition) is 4. The van der Waals surface area contributed by atoms with Crippen LogP contribution in [-0.2, 0) is 4.74 Å². The van der Waals surface area contributed by atoms with E-state index in [4.69, 9.17) is 4.74 Å². The predicted molar refractivity (Wildman–Crippen MR) is 80.1 cm³/mol. The third-order valence-electron chi connectivity index (χ3n) is 4.72. The highest BCUT2D eigenvalue weighted by molar-refractivity contribution is 5.94. The van der Waals surface area contributed by atoms with Crippen LogP contribution >= 0.6 is 0 Å². The van der Waals surface area contributed by atoms with Crippen LogP contribution in [0.15, 0.2) is 18.3 Å². The number of hydrogen-bond donors (Lipinski definition) is 2. The zero-order chi connectivity index (χ0) is 15.7. The first-order valence-corrected chi connectivity index (χ1v) is 7.34. The number of nitrogens with one attached hydrogen (secondary N) is 1. The first-order valence-electron chi connectivity index (χ1n) is 7.34. The second-order valence-electron chi connectivity index (χ2n) is 6.25. The number of amides is 1. The Morgan fingerprint density at radius 2 is 2.29 bits per heavy atom. The number of aryl methyl sites for hydroxylation is 1. The molecule has 2 unspecified atom stereocenters. The van der Waals surface area contributed by atoms with Crippen molar-refractivity contribution in [2.45, 2.75) is 45.8 Å². The number of pyridine rings is 1. The van der Waals surface area contributed by atoms with Gasteiger partial charge in [-0.05, 0) is 26.0 Å². The number of nitrogens with zero attached hydrogens (tertiary/aromatic N) is 1. The minimum Gasteiger partial charge on any atom is -0.394 e. The SMILES string of the molecule is CCOC1CC(CO)(NC(=O)c2ccnc(C)c2)C1(C)C. The van der Waals surface area contributed by atoms with Gasteiger partial charge in [-0.3, -0.25) is 9.78 Å². The van der Waals surface area contributed by atoms with Gasteiger partial charge in [0.15, 0.2) is 0 Å². The Kier molecular flexibility index (Phi) is 4.35. The third-order valence-corrected chi connectivity index (χ3v) is 4.72. The maximum Gasteiger partial charge on any atom is 0.251 e. The van der Waals surface area contributed by atoms with E-state index < -0.39 is 5.54 Å². The summed E-state index contributed by atoms with van der Waals surface area (Å²) in [6.07, 6.45) is 2.29. The molecule has 116 valence electrons. The molecule has 1 heterocycles. The standard InChI is InChI=1S/C16H24N2O3/c1-5-21-13-9-16(10-19,15(13,3)4)18-14(20)12-6-7-17-11(2)8-12/h6-8,13,19H,5,9-10H2,1-4H3,(H,18,20). The Labute approximate surface area is 125 Å². The smallest absolute Gasteiger partial charge is 0.251 e. The molecule has 2 N–H and O–H groups in total. The van der Waals surface area contributed by atoms with Gasteiger partial charge in [0.1, 0.15) is 0 Å². The lowest BCUT2D eigenvalue weighted by Crippen LogP contribution is -2.74. The van der Waals surface area contributed by atoms with Crippen LogP contribution in [0.3, 0.4) is 0 Å². The molecule has 2 rings (SSSR count). The van der Waals surface area contributed by atoms with Crippen molar-refractivity contribution in [3.8, 4) is 0 Å². The summed E-state index contributed by atoms with van der Waals surface area (Å²) in [5.41, 5.74) is 0.406. The highest BCUT2D eigenvalue weighted by Gasteiger charge is 2.61. The molecular weight excluding hydrogens is 268 g/mol. The van der Waals surface area contributed by atoms with E-state index >= 15 is 0 Å². The molecule has 5 heteroatoms. The van der Waals surface area contributed by atoms with Crippen LogP contribution in [0.2, 0.25) is 0 Å². The molecule has 1 saturated carbocycles. The van der Waals surface area contributed by atoms with Gasteiger partial charge >= 0.3 is 0 Å². The Morgan fingerprint density at radius 1 is 1.57 bits per heavy atom. The summed E-state index contributed by atoms with van der Waals surface area (Å²) in [7, 11) is 0. The normalized spacial score (nSPS) is 27.0. The fourth-order valence-corrected chi connectivity index (χ4v) is 2.98. The lowest BCUT2D eigenvalue weighted by molar-refractivity contribution is -0.172. The van der Waals surface area contributed by atoms with E-state index in [0.717, 1.165) is 5.69 Å². The van der Waals surface area contributed by atoms with Gasteiger partial charge in [0.2, 0.25) is 0 Å². The average molecular weight is 292 g/mol. The van der Waals surface area contributed by atoms with Crippen molar-refractivity contribution in [3.05, 3.63) is 29.6 Å². The number of carbonyl (C=O) groups excluding carboxylic acids is 1. The fraction of sp³-hybridized carbons (Fsp3) is 0.625. The predicted octanol–water partition coefficient (Wildman–Crippen LogP) is 1.69. The highest BCUT2D eigenvalue weighted by Crippen LogP contribution is 2.51. The third kappa shape index (κ3) is 2.68. The van der Waals surface area contributed by atoms with E-state index in [1.807, 2.05) is 27.7 Å². The van der Waals surface area contributed by atoms with Crippen molar-refractivity contribution in [3.63, 3.8) is 0 Å². The summed E-state index contributed by atoms with van der Waals surface area (Å²) < 4.78 is 5.68. The molecule has 1 aromatic rings. The topological polar surface area (TPSA) is 71.5 Å². The Morgan fingerprint density at radius 3 is 2.81 bits per heavy atom. The first kappa shape index (κ1) is 15.9. The molecule has 0 aliphatic heterocycles. The highest BCUT2D eigenvalue weighted by atomic mass is 16.5. The largest absolute Gasteiger partial charge is 0.394 e. The van der Waals surface area contributed by atoms with Gasteiger partial charge < -0.3 is 15.2 Å². The van der Waals surface area contributed by atoms with Gasteiger partial charge in [-0.25, -0.2) is 0 Å². The second-order valence-corrected chi connectivity index (χ2v) is 6.25. The van der Waals surface area contributed by atoms with E-state index in [1.165, 1.54) is 0 Å². The van der Waals surface area contributed by atoms with E-state index in [0.29, 0.717) is 18.6 Å². The Balaban J connectivity index is 2.15. The molecule has 0 aromatic carbocycles. The summed E-state index contributed by atoms with van der Waals surface area (Å²) in [6, 6.07) is 3.42. The van der Waals surface area contributed by atoms with Crippen LogP contribution in [0.1, 0.15) is 43.2 Å². The number of aliphatic hydroxyl groups excluding tert-OH is 1. The molecule has 0 radical (unpaired) electrons. The summed E-state index contributed by atoms with van der Waals surface area (Å²) in [6.45, 7) is 8.37. The van der Waals surface area contributed by atoms with E-state index in [1.54, 1.807) is 18.3 Å². The van der Waals surface area contributed by atoms with Gasteiger partial charge in [0.25, 0.3) is 5.91 Å². The van der Waals surface area contributed by atoms with Gasteiger partial charge in [0.05, 0.1) is 18.2 Å². The van der Waals surface area contributed by atoms with Crippen LogP contribution < -0.4 is 5.32 Å². The lowest BCUT2D eigenvalue weighted by atomic mass is 9.54. The van der Waals surface area contributed by atoms with Crippen molar-refractivity contribution in [1.82, 2.24) is 10.3 Å². The van der Waals surface area contributed by atoms with Crippen molar-refractivity contribution in [1.29, 1.82) is 0 Å². The molecule has 1 aliphatic carbocycles. The number of aliphatic hydroxyl groups is 1. The van der Waals surface area contributed by atoms with Crippen molar-refractivity contribution in [2.24, 2.45) is 5.41 Å². The summed E-state index contributed by atoms with van der Waals surface area (Å²) in [5.74, 6) is -0.183. The molecule has 0 saturated heterocycles. The quantitative estimate of drug-likeness (QED) is 0.866. The molecule has 5 nitrogen and oxygen atoms in total. The molecule has 2 atom stereocenters. The lowest BCUT2D eigenvalue weighted by Gasteiger charge is -2.60. The van der Waals surface area contributed by atoms with Crippen molar-refractivity contribution >= 4 is 5.91 Å². The van der Waals surface area contributed by atoms with Crippen molar-refractivity contribution < 1.29 is 14.6 Å². The van der Waals surface area contributed by atoms with E-state index in [-0.39, 0.29) is 24.0 Å². The zero-order valence-corrected chi connectivity index (χ0v) is 13.1. The maximum atomic E-state index is 12.4. The number of carbonyl (C=O) groups is 1. The van der Waals surface area contributed by atoms with Crippen LogP contribution in [0.4, 0.5) is 0 Å². The minimum atomic E-state index is -0.638. The molecule has 1 aromatic heterocycles. The minimum absolute atomic E-state index is 0.0501. The zero-order valence-electron chi connectivity index (χ0n) is 13.1. The summed E-state index contributed by atoms with van der Waals surface area (Å²) in [5, 5.41) is 12.8. The van der Waals surface area contributed by atoms with Crippen LogP contribution in [0.5, 0.6) is 0 Å². The first-order chi connectivity index (χ1) is 9.86. The molecule has 0 bridgehead atoms. The molecule has 0 spiro atoms. The number of rotatable bonds is 5. The van der Waals surface area contributed by atoms with Gasteiger partial charge in [-0.1, -0.05) is 13.8 Å². The molecular formula is C16H24N2O3. The molecule has 1 aliphatic rings.